The van der Waals surface area contributed by atoms with E-state index in [1.807, 2.05) is 23.2 Å². The standard InChI is InChI=1S/C32H31N3O/c1-23-10-15-28-30(21-23)35(27-13-11-26(12-14-27)25-8-4-3-5-9-25)31(36)32(28)16-19-34(20-17-32)22-29-24(2)7-6-18-33-29/h3-15,18,21H,16-17,19-20,22H2,1-2H3. The molecule has 4 aromatic rings. The molecule has 0 N–H and O–H groups in total. The number of rotatable bonds is 4. The molecule has 6 rings (SSSR count). The number of aromatic nitrogens is 1. The van der Waals surface area contributed by atoms with Gasteiger partial charge in [-0.3, -0.25) is 19.6 Å². The van der Waals surface area contributed by atoms with Crippen LogP contribution in [0.5, 0.6) is 0 Å². The number of amides is 1. The van der Waals surface area contributed by atoms with Gasteiger partial charge in [-0.15, -0.1) is 0 Å². The molecule has 0 radical (unpaired) electrons. The Morgan fingerprint density at radius 2 is 1.56 bits per heavy atom. The maximum atomic E-state index is 14.2. The van der Waals surface area contributed by atoms with Gasteiger partial charge in [-0.2, -0.15) is 0 Å². The van der Waals surface area contributed by atoms with E-state index >= 15 is 0 Å². The summed E-state index contributed by atoms with van der Waals surface area (Å²) in [6.45, 7) is 6.83. The van der Waals surface area contributed by atoms with Crippen LogP contribution in [0.3, 0.4) is 0 Å². The van der Waals surface area contributed by atoms with Crippen LogP contribution < -0.4 is 4.90 Å². The second kappa shape index (κ2) is 9.03. The van der Waals surface area contributed by atoms with Crippen LogP contribution in [0, 0.1) is 13.8 Å². The van der Waals surface area contributed by atoms with Crippen LogP contribution in [0.25, 0.3) is 11.1 Å². The molecule has 1 amide bonds. The van der Waals surface area contributed by atoms with Gasteiger partial charge in [0.1, 0.15) is 0 Å². The molecule has 0 atom stereocenters. The van der Waals surface area contributed by atoms with E-state index in [0.717, 1.165) is 55.1 Å². The maximum absolute atomic E-state index is 14.2. The van der Waals surface area contributed by atoms with Crippen molar-refractivity contribution in [1.82, 2.24) is 9.88 Å². The van der Waals surface area contributed by atoms with E-state index in [1.54, 1.807) is 0 Å². The Morgan fingerprint density at radius 1 is 0.833 bits per heavy atom. The summed E-state index contributed by atoms with van der Waals surface area (Å²) in [5.41, 5.74) is 8.56. The quantitative estimate of drug-likeness (QED) is 0.336. The van der Waals surface area contributed by atoms with Gasteiger partial charge in [-0.05, 0) is 91.9 Å². The second-order valence-corrected chi connectivity index (χ2v) is 10.2. The smallest absolute Gasteiger partial charge is 0.242 e. The topological polar surface area (TPSA) is 36.4 Å². The number of nitrogens with zero attached hydrogens (tertiary/aromatic N) is 3. The van der Waals surface area contributed by atoms with E-state index in [2.05, 4.69) is 96.5 Å². The SMILES string of the molecule is Cc1ccc2c(c1)N(c1ccc(-c3ccccc3)cc1)C(=O)C21CCN(Cc2ncccc2C)CC1. The predicted octanol–water partition coefficient (Wildman–Crippen LogP) is 6.58. The summed E-state index contributed by atoms with van der Waals surface area (Å²) in [4.78, 5) is 23.2. The van der Waals surface area contributed by atoms with Gasteiger partial charge in [0, 0.05) is 18.4 Å². The molecule has 4 nitrogen and oxygen atoms in total. The first-order valence-corrected chi connectivity index (χ1v) is 12.8. The fourth-order valence-electron chi connectivity index (χ4n) is 5.83. The fraction of sp³-hybridized carbons (Fsp3) is 0.250. The van der Waals surface area contributed by atoms with E-state index < -0.39 is 5.41 Å². The van der Waals surface area contributed by atoms with E-state index in [-0.39, 0.29) is 5.91 Å². The highest BCUT2D eigenvalue weighted by Crippen LogP contribution is 2.51. The number of benzene rings is 3. The van der Waals surface area contributed by atoms with E-state index in [0.29, 0.717) is 0 Å². The predicted molar refractivity (Wildman–Crippen MR) is 145 cm³/mol. The number of hydrogen-bond acceptors (Lipinski definition) is 3. The monoisotopic (exact) mass is 473 g/mol. The van der Waals surface area contributed by atoms with E-state index in [4.69, 9.17) is 0 Å². The Morgan fingerprint density at radius 3 is 2.28 bits per heavy atom. The molecule has 0 saturated carbocycles. The molecular formula is C32H31N3O. The lowest BCUT2D eigenvalue weighted by Crippen LogP contribution is -2.47. The number of carbonyl (C=O) groups excluding carboxylic acids is 1. The molecule has 2 aliphatic rings. The van der Waals surface area contributed by atoms with E-state index in [1.165, 1.54) is 22.3 Å². The number of hydrogen-bond donors (Lipinski definition) is 0. The minimum atomic E-state index is -0.462. The van der Waals surface area contributed by atoms with Crippen LogP contribution >= 0.6 is 0 Å². The first kappa shape index (κ1) is 22.7. The van der Waals surface area contributed by atoms with Gasteiger partial charge < -0.3 is 0 Å². The second-order valence-electron chi connectivity index (χ2n) is 10.2. The molecule has 1 spiro atoms. The molecule has 1 aromatic heterocycles. The Hall–Kier alpha value is -3.76. The lowest BCUT2D eigenvalue weighted by molar-refractivity contribution is -0.124. The van der Waals surface area contributed by atoms with E-state index in [9.17, 15) is 4.79 Å². The Bertz CT molecular complexity index is 1400. The molecule has 3 aromatic carbocycles. The molecule has 0 aliphatic carbocycles. The zero-order valence-electron chi connectivity index (χ0n) is 20.9. The largest absolute Gasteiger partial charge is 0.297 e. The lowest BCUT2D eigenvalue weighted by Gasteiger charge is -2.38. The number of carbonyl (C=O) groups is 1. The van der Waals surface area contributed by atoms with Crippen molar-refractivity contribution >= 4 is 17.3 Å². The van der Waals surface area contributed by atoms with Crippen molar-refractivity contribution in [2.75, 3.05) is 18.0 Å². The molecular weight excluding hydrogens is 442 g/mol. The Kier molecular flexibility index (Phi) is 5.69. The van der Waals surface area contributed by atoms with Crippen molar-refractivity contribution in [2.24, 2.45) is 0 Å². The number of pyridine rings is 1. The number of piperidine rings is 1. The molecule has 4 heteroatoms. The van der Waals surface area contributed by atoms with Crippen molar-refractivity contribution in [3.8, 4) is 11.1 Å². The van der Waals surface area contributed by atoms with Crippen LogP contribution in [-0.2, 0) is 16.8 Å². The molecule has 3 heterocycles. The van der Waals surface area contributed by atoms with Gasteiger partial charge in [0.05, 0.1) is 16.8 Å². The molecule has 1 fully saturated rings. The summed E-state index contributed by atoms with van der Waals surface area (Å²) in [6, 6.07) is 29.4. The summed E-state index contributed by atoms with van der Waals surface area (Å²) in [6.07, 6.45) is 3.52. The zero-order chi connectivity index (χ0) is 24.7. The van der Waals surface area contributed by atoms with Crippen molar-refractivity contribution in [3.63, 3.8) is 0 Å². The normalized spacial score (nSPS) is 16.9. The fourth-order valence-corrected chi connectivity index (χ4v) is 5.83. The molecule has 1 saturated heterocycles. The molecule has 36 heavy (non-hydrogen) atoms. The average Bonchev–Trinajstić information content (AvgIpc) is 3.14. The maximum Gasteiger partial charge on any atom is 0.242 e. The Labute approximate surface area is 213 Å². The molecule has 0 bridgehead atoms. The zero-order valence-corrected chi connectivity index (χ0v) is 20.9. The van der Waals surface area contributed by atoms with Gasteiger partial charge >= 0.3 is 0 Å². The highest BCUT2D eigenvalue weighted by molar-refractivity contribution is 6.13. The summed E-state index contributed by atoms with van der Waals surface area (Å²) in [5, 5.41) is 0. The van der Waals surface area contributed by atoms with Crippen molar-refractivity contribution in [2.45, 2.75) is 38.6 Å². The summed E-state index contributed by atoms with van der Waals surface area (Å²) in [7, 11) is 0. The molecule has 2 aliphatic heterocycles. The third kappa shape index (κ3) is 3.82. The van der Waals surface area contributed by atoms with Crippen LogP contribution in [0.2, 0.25) is 0 Å². The van der Waals surface area contributed by atoms with Crippen molar-refractivity contribution < 1.29 is 4.79 Å². The van der Waals surface area contributed by atoms with Gasteiger partial charge in [0.2, 0.25) is 5.91 Å². The first-order chi connectivity index (χ1) is 17.5. The van der Waals surface area contributed by atoms with Gasteiger partial charge in [-0.25, -0.2) is 0 Å². The van der Waals surface area contributed by atoms with Crippen LogP contribution in [-0.4, -0.2) is 28.9 Å². The lowest BCUT2D eigenvalue weighted by atomic mass is 9.73. The minimum absolute atomic E-state index is 0.212. The van der Waals surface area contributed by atoms with Crippen LogP contribution in [0.4, 0.5) is 11.4 Å². The van der Waals surface area contributed by atoms with Crippen molar-refractivity contribution in [1.29, 1.82) is 0 Å². The first-order valence-electron chi connectivity index (χ1n) is 12.8. The average molecular weight is 474 g/mol. The van der Waals surface area contributed by atoms with Gasteiger partial charge in [0.25, 0.3) is 0 Å². The summed E-state index contributed by atoms with van der Waals surface area (Å²) < 4.78 is 0. The number of aryl methyl sites for hydroxylation is 2. The third-order valence-electron chi connectivity index (χ3n) is 7.96. The number of anilines is 2. The third-order valence-corrected chi connectivity index (χ3v) is 7.96. The highest BCUT2D eigenvalue weighted by Gasteiger charge is 2.52. The van der Waals surface area contributed by atoms with Crippen LogP contribution in [0.1, 0.15) is 35.2 Å². The molecule has 180 valence electrons. The van der Waals surface area contributed by atoms with Crippen LogP contribution in [0.15, 0.2) is 91.1 Å². The van der Waals surface area contributed by atoms with Gasteiger partial charge in [0.15, 0.2) is 0 Å². The Balaban J connectivity index is 1.29. The summed E-state index contributed by atoms with van der Waals surface area (Å²) in [5.74, 6) is 0.212. The minimum Gasteiger partial charge on any atom is -0.297 e. The van der Waals surface area contributed by atoms with Crippen molar-refractivity contribution in [3.05, 3.63) is 114 Å². The van der Waals surface area contributed by atoms with Gasteiger partial charge in [-0.1, -0.05) is 60.7 Å². The highest BCUT2D eigenvalue weighted by atomic mass is 16.2. The summed E-state index contributed by atoms with van der Waals surface area (Å²) >= 11 is 0. The number of fused-ring (bicyclic) bond motifs is 2. The molecule has 0 unspecified atom stereocenters. The number of likely N-dealkylation sites (tertiary alicyclic amines) is 1.